The number of para-hydroxylation sites is 1. The third kappa shape index (κ3) is 5.00. The molecule has 1 atom stereocenters. The molecule has 2 N–H and O–H groups in total. The number of thioether (sulfide) groups is 1. The number of amides is 2. The molecule has 6 nitrogen and oxygen atoms in total. The van der Waals surface area contributed by atoms with E-state index in [1.54, 1.807) is 12.1 Å². The fourth-order valence-electron chi connectivity index (χ4n) is 3.10. The molecule has 2 amide bonds. The maximum absolute atomic E-state index is 12.7. The molecule has 29 heavy (non-hydrogen) atoms. The summed E-state index contributed by atoms with van der Waals surface area (Å²) in [4.78, 5) is 25.3. The molecule has 0 radical (unpaired) electrons. The van der Waals surface area contributed by atoms with Crippen LogP contribution in [0.2, 0.25) is 0 Å². The van der Waals surface area contributed by atoms with Gasteiger partial charge in [-0.15, -0.1) is 11.8 Å². The Balaban J connectivity index is 1.68. The van der Waals surface area contributed by atoms with Crippen molar-refractivity contribution in [1.29, 1.82) is 0 Å². The highest BCUT2D eigenvalue weighted by Gasteiger charge is 2.27. The van der Waals surface area contributed by atoms with Gasteiger partial charge in [0.25, 0.3) is 0 Å². The summed E-state index contributed by atoms with van der Waals surface area (Å²) in [6.07, 6.45) is 1.33. The van der Waals surface area contributed by atoms with Crippen molar-refractivity contribution < 1.29 is 18.0 Å². The van der Waals surface area contributed by atoms with Gasteiger partial charge in [-0.25, -0.2) is 8.42 Å². The second kappa shape index (κ2) is 9.00. The average molecular weight is 433 g/mol. The highest BCUT2D eigenvalue weighted by Crippen LogP contribution is 2.38. The zero-order valence-electron chi connectivity index (χ0n) is 16.4. The van der Waals surface area contributed by atoms with Crippen molar-refractivity contribution >= 4 is 44.8 Å². The molecule has 0 unspecified atom stereocenters. The zero-order valence-corrected chi connectivity index (χ0v) is 18.0. The lowest BCUT2D eigenvalue weighted by atomic mass is 10.1. The van der Waals surface area contributed by atoms with E-state index in [2.05, 4.69) is 10.6 Å². The summed E-state index contributed by atoms with van der Waals surface area (Å²) in [7, 11) is -3.65. The minimum Gasteiger partial charge on any atom is -0.326 e. The van der Waals surface area contributed by atoms with Gasteiger partial charge in [0.1, 0.15) is 0 Å². The predicted molar refractivity (Wildman–Crippen MR) is 116 cm³/mol. The fraction of sp³-hybridized carbons (Fsp3) is 0.333. The Bertz CT molecular complexity index is 1030. The molecule has 2 aromatic carbocycles. The fourth-order valence-corrected chi connectivity index (χ4v) is 5.39. The summed E-state index contributed by atoms with van der Waals surface area (Å²) >= 11 is 1.44. The number of aryl methyl sites for hydroxylation is 1. The van der Waals surface area contributed by atoms with E-state index in [1.165, 1.54) is 23.9 Å². The second-order valence-electron chi connectivity index (χ2n) is 6.79. The van der Waals surface area contributed by atoms with E-state index in [4.69, 9.17) is 0 Å². The Labute approximate surface area is 175 Å². The lowest BCUT2D eigenvalue weighted by Crippen LogP contribution is -2.28. The first-order valence-electron chi connectivity index (χ1n) is 9.56. The molecule has 0 bridgehead atoms. The molecular weight excluding hydrogens is 408 g/mol. The van der Waals surface area contributed by atoms with Crippen LogP contribution in [0.5, 0.6) is 0 Å². The number of carbonyl (C=O) groups excluding carboxylic acids is 2. The molecule has 8 heteroatoms. The van der Waals surface area contributed by atoms with Gasteiger partial charge in [0, 0.05) is 17.0 Å². The van der Waals surface area contributed by atoms with E-state index in [1.807, 2.05) is 32.0 Å². The first-order valence-corrected chi connectivity index (χ1v) is 12.1. The van der Waals surface area contributed by atoms with Gasteiger partial charge in [0.05, 0.1) is 21.6 Å². The Hall–Kier alpha value is -2.32. The van der Waals surface area contributed by atoms with E-state index < -0.39 is 9.84 Å². The van der Waals surface area contributed by atoms with Crippen LogP contribution >= 0.6 is 11.8 Å². The molecule has 0 saturated heterocycles. The van der Waals surface area contributed by atoms with E-state index in [9.17, 15) is 18.0 Å². The van der Waals surface area contributed by atoms with Gasteiger partial charge in [0.2, 0.25) is 11.8 Å². The highest BCUT2D eigenvalue weighted by atomic mass is 32.2. The van der Waals surface area contributed by atoms with Gasteiger partial charge in [-0.3, -0.25) is 9.59 Å². The van der Waals surface area contributed by atoms with Crippen LogP contribution in [0.25, 0.3) is 0 Å². The van der Waals surface area contributed by atoms with Crippen molar-refractivity contribution in [3.63, 3.8) is 0 Å². The molecule has 0 saturated carbocycles. The van der Waals surface area contributed by atoms with Crippen molar-refractivity contribution in [3.8, 4) is 0 Å². The average Bonchev–Trinajstić information content (AvgIpc) is 2.71. The summed E-state index contributed by atoms with van der Waals surface area (Å²) in [6, 6.07) is 12.2. The van der Waals surface area contributed by atoms with Crippen LogP contribution in [-0.4, -0.2) is 31.2 Å². The first-order chi connectivity index (χ1) is 13.8. The SMILES string of the molecule is CCc1ccccc1NC(=O)CCS(=O)(=O)c1ccc2c(c1)NC(=O)[C@H](CC)S2. The minimum atomic E-state index is -3.65. The van der Waals surface area contributed by atoms with Crippen LogP contribution in [0.15, 0.2) is 52.3 Å². The standard InChI is InChI=1S/C21H24N2O4S2/c1-3-14-7-5-6-8-16(14)22-20(24)11-12-29(26,27)15-9-10-19-17(13-15)23-21(25)18(4-2)28-19/h5-10,13,18H,3-4,11-12H2,1-2H3,(H,22,24)(H,23,25)/t18-/m0/s1. The molecule has 0 fully saturated rings. The molecule has 1 aliphatic heterocycles. The summed E-state index contributed by atoms with van der Waals surface area (Å²) in [5, 5.41) is 5.40. The minimum absolute atomic E-state index is 0.105. The summed E-state index contributed by atoms with van der Waals surface area (Å²) in [6.45, 7) is 3.93. The van der Waals surface area contributed by atoms with Crippen LogP contribution in [0.4, 0.5) is 11.4 Å². The normalized spacial score (nSPS) is 16.1. The topological polar surface area (TPSA) is 92.3 Å². The summed E-state index contributed by atoms with van der Waals surface area (Å²) < 4.78 is 25.4. The molecular formula is C21H24N2O4S2. The summed E-state index contributed by atoms with van der Waals surface area (Å²) in [5.74, 6) is -0.763. The molecule has 0 spiro atoms. The van der Waals surface area contributed by atoms with E-state index in [0.717, 1.165) is 16.9 Å². The van der Waals surface area contributed by atoms with E-state index in [0.29, 0.717) is 17.8 Å². The molecule has 1 aliphatic rings. The van der Waals surface area contributed by atoms with Gasteiger partial charge >= 0.3 is 0 Å². The Morgan fingerprint density at radius 2 is 1.93 bits per heavy atom. The molecule has 154 valence electrons. The number of hydrogen-bond acceptors (Lipinski definition) is 5. The number of fused-ring (bicyclic) bond motifs is 1. The molecule has 0 aromatic heterocycles. The van der Waals surface area contributed by atoms with E-state index >= 15 is 0 Å². The number of sulfone groups is 1. The number of rotatable bonds is 7. The van der Waals surface area contributed by atoms with Crippen LogP contribution < -0.4 is 10.6 Å². The third-order valence-corrected chi connectivity index (χ3v) is 7.93. The molecule has 3 rings (SSSR count). The Morgan fingerprint density at radius 1 is 1.17 bits per heavy atom. The number of benzene rings is 2. The van der Waals surface area contributed by atoms with Crippen LogP contribution in [0.1, 0.15) is 32.3 Å². The second-order valence-corrected chi connectivity index (χ2v) is 10.1. The number of carbonyl (C=O) groups is 2. The van der Waals surface area contributed by atoms with Crippen LogP contribution in [0, 0.1) is 0 Å². The molecule has 1 heterocycles. The van der Waals surface area contributed by atoms with Gasteiger partial charge in [0.15, 0.2) is 9.84 Å². The lowest BCUT2D eigenvalue weighted by molar-refractivity contribution is -0.116. The van der Waals surface area contributed by atoms with Gasteiger partial charge in [-0.05, 0) is 42.7 Å². The zero-order chi connectivity index (χ0) is 21.0. The highest BCUT2D eigenvalue weighted by molar-refractivity contribution is 8.01. The van der Waals surface area contributed by atoms with Crippen molar-refractivity contribution in [2.45, 2.75) is 48.2 Å². The van der Waals surface area contributed by atoms with E-state index in [-0.39, 0.29) is 34.1 Å². The monoisotopic (exact) mass is 432 g/mol. The van der Waals surface area contributed by atoms with Crippen molar-refractivity contribution in [3.05, 3.63) is 48.0 Å². The van der Waals surface area contributed by atoms with Crippen molar-refractivity contribution in [2.75, 3.05) is 16.4 Å². The molecule has 0 aliphatic carbocycles. The number of hydrogen-bond donors (Lipinski definition) is 2. The third-order valence-electron chi connectivity index (χ3n) is 4.77. The first kappa shape index (κ1) is 21.4. The Morgan fingerprint density at radius 3 is 2.66 bits per heavy atom. The number of anilines is 2. The summed E-state index contributed by atoms with van der Waals surface area (Å²) in [5.41, 5.74) is 2.21. The van der Waals surface area contributed by atoms with Crippen molar-refractivity contribution in [1.82, 2.24) is 0 Å². The Kier molecular flexibility index (Phi) is 6.64. The van der Waals surface area contributed by atoms with Gasteiger partial charge in [-0.2, -0.15) is 0 Å². The smallest absolute Gasteiger partial charge is 0.237 e. The maximum atomic E-state index is 12.7. The maximum Gasteiger partial charge on any atom is 0.237 e. The molecule has 2 aromatic rings. The van der Waals surface area contributed by atoms with Gasteiger partial charge < -0.3 is 10.6 Å². The number of nitrogens with one attached hydrogen (secondary N) is 2. The predicted octanol–water partition coefficient (Wildman–Crippen LogP) is 3.87. The van der Waals surface area contributed by atoms with Gasteiger partial charge in [-0.1, -0.05) is 32.0 Å². The lowest BCUT2D eigenvalue weighted by Gasteiger charge is -2.23. The quantitative estimate of drug-likeness (QED) is 0.693. The van der Waals surface area contributed by atoms with Crippen molar-refractivity contribution in [2.24, 2.45) is 0 Å². The van der Waals surface area contributed by atoms with Crippen LogP contribution in [0.3, 0.4) is 0 Å². The van der Waals surface area contributed by atoms with Crippen LogP contribution in [-0.2, 0) is 25.8 Å². The largest absolute Gasteiger partial charge is 0.326 e.